The second-order valence-electron chi connectivity index (χ2n) is 21.4. The number of carbonyl (C=O) groups is 1. The van der Waals surface area contributed by atoms with Gasteiger partial charge in [-0.2, -0.15) is 0 Å². The first-order valence-electron chi connectivity index (χ1n) is 21.6. The third kappa shape index (κ3) is 7.67. The third-order valence-electron chi connectivity index (χ3n) is 15.1. The van der Waals surface area contributed by atoms with Gasteiger partial charge in [-0.1, -0.05) is 93.0 Å². The van der Waals surface area contributed by atoms with Crippen molar-refractivity contribution in [3.05, 3.63) is 90.7 Å². The Morgan fingerprint density at radius 1 is 0.679 bits per heavy atom. The topological polar surface area (TPSA) is 50.2 Å². The van der Waals surface area contributed by atoms with Crippen LogP contribution in [0.2, 0.25) is 39.3 Å². The Hall–Kier alpha value is -2.64. The van der Waals surface area contributed by atoms with Crippen molar-refractivity contribution < 1.29 is 30.0 Å². The van der Waals surface area contributed by atoms with Gasteiger partial charge in [-0.25, -0.2) is 0 Å². The molecule has 0 amide bonds. The van der Waals surface area contributed by atoms with Gasteiger partial charge in [0.1, 0.15) is 5.76 Å². The van der Waals surface area contributed by atoms with Gasteiger partial charge in [-0.05, 0) is 135 Å². The van der Waals surface area contributed by atoms with Crippen LogP contribution in [-0.4, -0.2) is 32.0 Å². The molecule has 8 saturated carbocycles. The maximum atomic E-state index is 13.4. The van der Waals surface area contributed by atoms with Gasteiger partial charge < -0.3 is 5.11 Å². The predicted octanol–water partition coefficient (Wildman–Crippen LogP) is 11.9. The van der Waals surface area contributed by atoms with E-state index in [0.717, 1.165) is 90.8 Å². The normalized spacial score (nSPS) is 31.5. The molecule has 3 nitrogen and oxygen atoms in total. The van der Waals surface area contributed by atoms with E-state index >= 15 is 0 Å². The monoisotopic (exact) mass is 957 g/mol. The van der Waals surface area contributed by atoms with Crippen LogP contribution in [0.15, 0.2) is 84.6 Å². The number of aliphatic hydroxyl groups excluding tert-OH is 1. The van der Waals surface area contributed by atoms with Crippen LogP contribution < -0.4 is 10.4 Å². The summed E-state index contributed by atoms with van der Waals surface area (Å²) in [7, 11) is -2.74. The molecule has 8 bridgehead atoms. The van der Waals surface area contributed by atoms with Crippen LogP contribution >= 0.6 is 0 Å². The van der Waals surface area contributed by atoms with E-state index in [1.165, 1.54) is 65.4 Å². The molecule has 1 radical (unpaired) electrons. The molecule has 1 N–H and O–H groups in total. The molecule has 0 aliphatic heterocycles. The summed E-state index contributed by atoms with van der Waals surface area (Å²) < 4.78 is 0. The van der Waals surface area contributed by atoms with Gasteiger partial charge in [0.15, 0.2) is 5.78 Å². The Bertz CT molecular complexity index is 2060. The van der Waals surface area contributed by atoms with Gasteiger partial charge in [0, 0.05) is 50.5 Å². The van der Waals surface area contributed by atoms with E-state index < -0.39 is 16.1 Å². The van der Waals surface area contributed by atoms with E-state index in [-0.39, 0.29) is 30.9 Å². The number of hydrogen-bond acceptors (Lipinski definition) is 3. The van der Waals surface area contributed by atoms with Crippen LogP contribution in [0.1, 0.15) is 77.0 Å². The molecule has 56 heavy (non-hydrogen) atoms. The average Bonchev–Trinajstić information content (AvgIpc) is 3.13. The summed E-state index contributed by atoms with van der Waals surface area (Å²) in [4.78, 5) is 18.4. The fourth-order valence-corrected chi connectivity index (χ4v) is 15.3. The van der Waals surface area contributed by atoms with Crippen LogP contribution in [0.4, 0.5) is 0 Å². The molecular weight excluding hydrogens is 895 g/mol. The van der Waals surface area contributed by atoms with E-state index in [4.69, 9.17) is 4.98 Å². The molecule has 3 aromatic carbocycles. The van der Waals surface area contributed by atoms with Gasteiger partial charge in [-0.3, -0.25) is 9.78 Å². The number of ketones is 1. The molecule has 1 aromatic heterocycles. The van der Waals surface area contributed by atoms with E-state index in [1.54, 1.807) is 6.08 Å². The van der Waals surface area contributed by atoms with E-state index in [1.807, 2.05) is 0 Å². The van der Waals surface area contributed by atoms with Crippen LogP contribution in [0, 0.1) is 52.4 Å². The SMILES string of the molecule is C[Si](C)(C)c1c[c-]c(-c2cc(-c3ccccc3)c3cc([Si](C)(C)C)ccc3n2)cc1.O=C(/C=C(\O)C12CC3CC(CC(C3)C1)C2)C12CC3CC(CC(C3)C1)C2.[Ir]. The van der Waals surface area contributed by atoms with E-state index in [9.17, 15) is 9.90 Å². The van der Waals surface area contributed by atoms with Gasteiger partial charge in [0.2, 0.25) is 0 Å². The molecule has 297 valence electrons. The third-order valence-corrected chi connectivity index (χ3v) is 19.2. The molecule has 0 atom stereocenters. The summed E-state index contributed by atoms with van der Waals surface area (Å²) in [5.74, 6) is 5.64. The maximum absolute atomic E-state index is 13.4. The number of aromatic nitrogens is 1. The van der Waals surface area contributed by atoms with Crippen molar-refractivity contribution in [1.29, 1.82) is 0 Å². The zero-order chi connectivity index (χ0) is 38.3. The second-order valence-corrected chi connectivity index (χ2v) is 31.6. The minimum absolute atomic E-state index is 0. The summed E-state index contributed by atoms with van der Waals surface area (Å²) in [6.45, 7) is 14.3. The number of allylic oxidation sites excluding steroid dienone is 2. The van der Waals surface area contributed by atoms with E-state index in [2.05, 4.69) is 118 Å². The molecule has 0 unspecified atom stereocenters. The van der Waals surface area contributed by atoms with Crippen molar-refractivity contribution in [2.45, 2.75) is 116 Å². The number of pyridine rings is 1. The zero-order valence-corrected chi connectivity index (χ0v) is 39.0. The molecular formula is C50H62IrNO2Si2-. The molecule has 0 saturated heterocycles. The Morgan fingerprint density at radius 2 is 1.18 bits per heavy atom. The Morgan fingerprint density at radius 3 is 1.66 bits per heavy atom. The van der Waals surface area contributed by atoms with Crippen LogP contribution in [-0.2, 0) is 24.9 Å². The minimum atomic E-state index is -1.41. The van der Waals surface area contributed by atoms with Crippen molar-refractivity contribution in [2.24, 2.45) is 46.3 Å². The quantitative estimate of drug-likeness (QED) is 0.0869. The number of nitrogens with zero attached hydrogens (tertiary/aromatic N) is 1. The Kier molecular flexibility index (Phi) is 10.7. The maximum Gasteiger partial charge on any atom is 0.165 e. The molecule has 12 rings (SSSR count). The zero-order valence-electron chi connectivity index (χ0n) is 34.6. The molecule has 8 aliphatic carbocycles. The summed E-state index contributed by atoms with van der Waals surface area (Å²) in [5, 5.41) is 15.3. The number of aliphatic hydroxyl groups is 1. The fourth-order valence-electron chi connectivity index (χ4n) is 13.0. The second kappa shape index (κ2) is 14.9. The Balaban J connectivity index is 0.000000157. The van der Waals surface area contributed by atoms with Crippen LogP contribution in [0.5, 0.6) is 0 Å². The smallest absolute Gasteiger partial charge is 0.165 e. The van der Waals surface area contributed by atoms with Gasteiger partial charge >= 0.3 is 0 Å². The van der Waals surface area contributed by atoms with E-state index in [0.29, 0.717) is 11.5 Å². The molecule has 0 spiro atoms. The molecule has 4 aromatic rings. The fraction of sp³-hybridized carbons (Fsp3) is 0.520. The summed E-state index contributed by atoms with van der Waals surface area (Å²) in [6.07, 6.45) is 16.8. The number of hydrogen-bond donors (Lipinski definition) is 1. The average molecular weight is 957 g/mol. The summed E-state index contributed by atoms with van der Waals surface area (Å²) in [5.41, 5.74) is 5.47. The number of carbonyl (C=O) groups excluding carboxylic acids is 1. The standard InChI is InChI=1S/C27H30NSi2.C23H32O2.Ir/c1-29(2,3)22-14-12-21(13-15-22)27-19-24(20-10-8-7-9-11-20)25-18-23(30(4,5)6)16-17-26(25)28-27;24-20(22-8-14-1-15(9-22)3-16(2-14)10-22)7-21(25)23-11-17-4-18(12-23)6-19(5-17)13-23;/h7-12,14-19H,1-6H3;7,14-19,24H,1-6,8-13H2;/q-1;;/b;20-7-;. The van der Waals surface area contributed by atoms with Gasteiger partial charge in [0.25, 0.3) is 0 Å². The summed E-state index contributed by atoms with van der Waals surface area (Å²) >= 11 is 0. The first-order chi connectivity index (χ1) is 26.1. The van der Waals surface area contributed by atoms with Crippen molar-refractivity contribution in [3.63, 3.8) is 0 Å². The molecule has 1 heterocycles. The number of fused-ring (bicyclic) bond motifs is 1. The summed E-state index contributed by atoms with van der Waals surface area (Å²) in [6, 6.07) is 29.9. The number of rotatable bonds is 7. The van der Waals surface area contributed by atoms with Crippen LogP contribution in [0.3, 0.4) is 0 Å². The van der Waals surface area contributed by atoms with Crippen molar-refractivity contribution in [2.75, 3.05) is 0 Å². The predicted molar refractivity (Wildman–Crippen MR) is 234 cm³/mol. The van der Waals surface area contributed by atoms with Crippen molar-refractivity contribution in [3.8, 4) is 22.4 Å². The number of benzene rings is 3. The van der Waals surface area contributed by atoms with Crippen LogP contribution in [0.25, 0.3) is 33.3 Å². The minimum Gasteiger partial charge on any atom is -0.512 e. The van der Waals surface area contributed by atoms with Gasteiger partial charge in [-0.15, -0.1) is 35.0 Å². The molecule has 8 aliphatic rings. The largest absolute Gasteiger partial charge is 0.512 e. The first-order valence-corrected chi connectivity index (χ1v) is 28.6. The molecule has 6 heteroatoms. The first kappa shape index (κ1) is 40.2. The Labute approximate surface area is 352 Å². The van der Waals surface area contributed by atoms with Crippen molar-refractivity contribution >= 4 is 43.2 Å². The van der Waals surface area contributed by atoms with Crippen molar-refractivity contribution in [1.82, 2.24) is 4.98 Å². The van der Waals surface area contributed by atoms with Gasteiger partial charge in [0.05, 0.1) is 13.6 Å². The molecule has 8 fully saturated rings.